The molecule has 0 saturated carbocycles. The Morgan fingerprint density at radius 1 is 1.35 bits per heavy atom. The molecule has 1 atom stereocenters. The van der Waals surface area contributed by atoms with Crippen molar-refractivity contribution in [2.45, 2.75) is 58.7 Å². The fourth-order valence-corrected chi connectivity index (χ4v) is 1.89. The molecule has 0 aliphatic rings. The lowest BCUT2D eigenvalue weighted by Crippen LogP contribution is -2.29. The van der Waals surface area contributed by atoms with E-state index in [1.54, 1.807) is 6.92 Å². The van der Waals surface area contributed by atoms with Crippen molar-refractivity contribution in [3.63, 3.8) is 0 Å². The number of nitrogens with zero attached hydrogens (tertiary/aromatic N) is 2. The lowest BCUT2D eigenvalue weighted by molar-refractivity contribution is -0.0583. The van der Waals surface area contributed by atoms with E-state index < -0.39 is 11.7 Å². The van der Waals surface area contributed by atoms with Gasteiger partial charge in [-0.3, -0.25) is 0 Å². The minimum absolute atomic E-state index is 0.378. The maximum absolute atomic E-state index is 9.28. The maximum atomic E-state index is 9.28. The summed E-state index contributed by atoms with van der Waals surface area (Å²) < 4.78 is 10.9. The van der Waals surface area contributed by atoms with E-state index in [-0.39, 0.29) is 0 Å². The number of ether oxygens (including phenoxy) is 1. The average molecular weight is 242 g/mol. The minimum atomic E-state index is -0.479. The van der Waals surface area contributed by atoms with Gasteiger partial charge in [0.2, 0.25) is 11.7 Å². The first-order valence-corrected chi connectivity index (χ1v) is 6.23. The van der Waals surface area contributed by atoms with Gasteiger partial charge in [0.1, 0.15) is 5.60 Å². The second-order valence-corrected chi connectivity index (χ2v) is 4.20. The van der Waals surface area contributed by atoms with E-state index >= 15 is 0 Å². The van der Waals surface area contributed by atoms with Crippen LogP contribution in [0.5, 0.6) is 0 Å². The second kappa shape index (κ2) is 6.12. The summed E-state index contributed by atoms with van der Waals surface area (Å²) in [5.74, 6) is 1.04. The molecule has 0 spiro atoms. The normalized spacial score (nSPS) is 13.9. The summed E-state index contributed by atoms with van der Waals surface area (Å²) in [7, 11) is 0. The quantitative estimate of drug-likeness (QED) is 0.792. The van der Waals surface area contributed by atoms with Crippen LogP contribution in [-0.2, 0) is 16.8 Å². The van der Waals surface area contributed by atoms with Crippen molar-refractivity contribution in [2.24, 2.45) is 0 Å². The first-order chi connectivity index (χ1) is 8.07. The predicted molar refractivity (Wildman–Crippen MR) is 63.6 cm³/mol. The Balaban J connectivity index is 2.91. The number of aromatic nitrogens is 2. The van der Waals surface area contributed by atoms with Gasteiger partial charge in [0.25, 0.3) is 0 Å². The molecule has 17 heavy (non-hydrogen) atoms. The van der Waals surface area contributed by atoms with Crippen LogP contribution in [0.4, 0.5) is 0 Å². The van der Waals surface area contributed by atoms with Gasteiger partial charge >= 0.3 is 0 Å². The third-order valence-corrected chi connectivity index (χ3v) is 2.91. The molecule has 0 aliphatic carbocycles. The van der Waals surface area contributed by atoms with Crippen LogP contribution in [0, 0.1) is 0 Å². The highest BCUT2D eigenvalue weighted by Gasteiger charge is 2.34. The largest absolute Gasteiger partial charge is 0.393 e. The van der Waals surface area contributed by atoms with E-state index in [1.165, 1.54) is 0 Å². The van der Waals surface area contributed by atoms with E-state index in [0.717, 1.165) is 12.8 Å². The van der Waals surface area contributed by atoms with E-state index in [4.69, 9.17) is 9.26 Å². The van der Waals surface area contributed by atoms with Crippen LogP contribution >= 0.6 is 0 Å². The molecular formula is C12H22N2O3. The van der Waals surface area contributed by atoms with Crippen molar-refractivity contribution in [3.05, 3.63) is 11.7 Å². The molecule has 0 amide bonds. The minimum Gasteiger partial charge on any atom is -0.393 e. The maximum Gasteiger partial charge on any atom is 0.229 e. The Labute approximate surface area is 102 Å². The number of aliphatic hydroxyl groups excluding tert-OH is 1. The molecule has 5 nitrogen and oxygen atoms in total. The smallest absolute Gasteiger partial charge is 0.229 e. The zero-order valence-corrected chi connectivity index (χ0v) is 11.1. The predicted octanol–water partition coefficient (Wildman–Crippen LogP) is 2.04. The monoisotopic (exact) mass is 242 g/mol. The molecule has 0 aromatic carbocycles. The van der Waals surface area contributed by atoms with Gasteiger partial charge in [-0.25, -0.2) is 0 Å². The summed E-state index contributed by atoms with van der Waals surface area (Å²) in [5, 5.41) is 13.3. The molecule has 1 heterocycles. The molecule has 1 rings (SSSR count). The Morgan fingerprint density at radius 2 is 2.00 bits per heavy atom. The molecule has 0 saturated heterocycles. The van der Waals surface area contributed by atoms with Crippen molar-refractivity contribution in [2.75, 3.05) is 6.61 Å². The van der Waals surface area contributed by atoms with E-state index in [2.05, 4.69) is 10.1 Å². The highest BCUT2D eigenvalue weighted by molar-refractivity contribution is 5.01. The summed E-state index contributed by atoms with van der Waals surface area (Å²) in [6.45, 7) is 8.35. The van der Waals surface area contributed by atoms with Gasteiger partial charge in [0.15, 0.2) is 0 Å². The summed E-state index contributed by atoms with van der Waals surface area (Å²) in [6, 6.07) is 0. The molecular weight excluding hydrogens is 220 g/mol. The van der Waals surface area contributed by atoms with Gasteiger partial charge in [0, 0.05) is 6.61 Å². The van der Waals surface area contributed by atoms with Crippen molar-refractivity contribution in [1.29, 1.82) is 0 Å². The second-order valence-electron chi connectivity index (χ2n) is 4.20. The average Bonchev–Trinajstić information content (AvgIpc) is 2.74. The van der Waals surface area contributed by atoms with Crippen molar-refractivity contribution in [3.8, 4) is 0 Å². The molecule has 0 bridgehead atoms. The van der Waals surface area contributed by atoms with Crippen LogP contribution in [0.15, 0.2) is 4.52 Å². The highest BCUT2D eigenvalue weighted by atomic mass is 16.5. The fourth-order valence-electron chi connectivity index (χ4n) is 1.89. The van der Waals surface area contributed by atoms with Crippen molar-refractivity contribution >= 4 is 0 Å². The molecule has 1 aromatic heterocycles. The lowest BCUT2D eigenvalue weighted by Gasteiger charge is -2.27. The highest BCUT2D eigenvalue weighted by Crippen LogP contribution is 2.30. The van der Waals surface area contributed by atoms with Crippen LogP contribution in [0.1, 0.15) is 52.3 Å². The molecule has 0 fully saturated rings. The Hall–Kier alpha value is -0.940. The molecule has 0 aliphatic heterocycles. The standard InChI is InChI=1S/C12H22N2O3/c1-5-12(6-2,16-7-3)11-13-10(17-14-11)8-9(4)15/h9,15H,5-8H2,1-4H3. The van der Waals surface area contributed by atoms with Gasteiger partial charge in [0.05, 0.1) is 12.5 Å². The molecule has 5 heteroatoms. The molecule has 98 valence electrons. The Morgan fingerprint density at radius 3 is 2.47 bits per heavy atom. The van der Waals surface area contributed by atoms with Crippen molar-refractivity contribution < 1.29 is 14.4 Å². The van der Waals surface area contributed by atoms with E-state index in [9.17, 15) is 5.11 Å². The molecule has 1 aromatic rings. The van der Waals surface area contributed by atoms with Crippen molar-refractivity contribution in [1.82, 2.24) is 10.1 Å². The van der Waals surface area contributed by atoms with Crippen LogP contribution in [-0.4, -0.2) is 28.0 Å². The zero-order valence-electron chi connectivity index (χ0n) is 11.1. The van der Waals surface area contributed by atoms with Crippen LogP contribution in [0.25, 0.3) is 0 Å². The zero-order chi connectivity index (χ0) is 12.9. The summed E-state index contributed by atoms with van der Waals surface area (Å²) >= 11 is 0. The number of aliphatic hydroxyl groups is 1. The van der Waals surface area contributed by atoms with Crippen LogP contribution in [0.2, 0.25) is 0 Å². The summed E-state index contributed by atoms with van der Waals surface area (Å²) in [4.78, 5) is 4.32. The fraction of sp³-hybridized carbons (Fsp3) is 0.833. The van der Waals surface area contributed by atoms with Gasteiger partial charge in [-0.15, -0.1) is 0 Å². The van der Waals surface area contributed by atoms with Gasteiger partial charge in [-0.05, 0) is 26.7 Å². The SMILES string of the molecule is CCOC(CC)(CC)c1noc(CC(C)O)n1. The first kappa shape index (κ1) is 14.1. The number of hydrogen-bond donors (Lipinski definition) is 1. The third kappa shape index (κ3) is 3.26. The van der Waals surface area contributed by atoms with Gasteiger partial charge in [-0.2, -0.15) is 4.98 Å². The molecule has 0 radical (unpaired) electrons. The Bertz CT molecular complexity index is 332. The molecule has 1 unspecified atom stereocenters. The molecule has 1 N–H and O–H groups in total. The third-order valence-electron chi connectivity index (χ3n) is 2.91. The van der Waals surface area contributed by atoms with E-state index in [0.29, 0.717) is 24.7 Å². The first-order valence-electron chi connectivity index (χ1n) is 6.23. The summed E-state index contributed by atoms with van der Waals surface area (Å²) in [6.07, 6.45) is 1.49. The van der Waals surface area contributed by atoms with Gasteiger partial charge in [-0.1, -0.05) is 19.0 Å². The Kier molecular flexibility index (Phi) is 5.08. The number of rotatable bonds is 7. The van der Waals surface area contributed by atoms with Crippen LogP contribution < -0.4 is 0 Å². The lowest BCUT2D eigenvalue weighted by atomic mass is 9.96. The topological polar surface area (TPSA) is 68.4 Å². The van der Waals surface area contributed by atoms with Gasteiger partial charge < -0.3 is 14.4 Å². The summed E-state index contributed by atoms with van der Waals surface area (Å²) in [5.41, 5.74) is -0.463. The van der Waals surface area contributed by atoms with E-state index in [1.807, 2.05) is 20.8 Å². The number of hydrogen-bond acceptors (Lipinski definition) is 5. The van der Waals surface area contributed by atoms with Crippen LogP contribution in [0.3, 0.4) is 0 Å².